The number of nitrogens with zero attached hydrogens (tertiary/aromatic N) is 4. The molecule has 0 bridgehead atoms. The number of aliphatic hydroxyl groups excluding tert-OH is 1. The molecule has 2 N–H and O–H groups in total. The van der Waals surface area contributed by atoms with E-state index in [4.69, 9.17) is 14.7 Å². The molecule has 1 aliphatic heterocycles. The Bertz CT molecular complexity index is 1320. The first-order valence-corrected chi connectivity index (χ1v) is 14.3. The Morgan fingerprint density at radius 1 is 1.21 bits per heavy atom. The number of rotatable bonds is 5. The number of amides is 1. The molecule has 1 spiro atoms. The fourth-order valence-electron chi connectivity index (χ4n) is 6.06. The number of carbonyl (C=O) groups is 1. The van der Waals surface area contributed by atoms with Crippen molar-refractivity contribution in [3.8, 4) is 0 Å². The van der Waals surface area contributed by atoms with Gasteiger partial charge in [-0.3, -0.25) is 0 Å². The summed E-state index contributed by atoms with van der Waals surface area (Å²) in [5, 5.41) is 15.4. The summed E-state index contributed by atoms with van der Waals surface area (Å²) in [6.45, 7) is 9.16. The molecule has 3 aromatic rings. The monoisotopic (exact) mass is 537 g/mol. The molecule has 5 rings (SSSR count). The van der Waals surface area contributed by atoms with E-state index in [0.29, 0.717) is 5.69 Å². The van der Waals surface area contributed by atoms with Crippen LogP contribution in [0.1, 0.15) is 64.3 Å². The molecule has 9 heteroatoms. The first-order valence-electron chi connectivity index (χ1n) is 13.5. The predicted molar refractivity (Wildman–Crippen MR) is 151 cm³/mol. The van der Waals surface area contributed by atoms with Gasteiger partial charge in [0.1, 0.15) is 16.3 Å². The van der Waals surface area contributed by atoms with Crippen LogP contribution in [0.3, 0.4) is 0 Å². The zero-order valence-corrected chi connectivity index (χ0v) is 23.9. The second kappa shape index (κ2) is 10.4. The quantitative estimate of drug-likeness (QED) is 0.439. The average molecular weight is 538 g/mol. The summed E-state index contributed by atoms with van der Waals surface area (Å²) in [7, 11) is 2.05. The molecule has 1 amide bonds. The topological polar surface area (TPSA) is 92.5 Å². The minimum Gasteiger partial charge on any atom is -0.444 e. The number of piperidine rings is 1. The maximum atomic E-state index is 12.5. The maximum absolute atomic E-state index is 12.5. The molecule has 1 saturated carbocycles. The van der Waals surface area contributed by atoms with E-state index in [1.165, 1.54) is 10.9 Å². The van der Waals surface area contributed by atoms with E-state index in [1.54, 1.807) is 11.8 Å². The Labute approximate surface area is 229 Å². The van der Waals surface area contributed by atoms with Gasteiger partial charge in [-0.25, -0.2) is 14.8 Å². The number of benzene rings is 1. The molecule has 38 heavy (non-hydrogen) atoms. The SMILES string of the molecule is Cc1nc(N2CCC3(CCC[C@H]3NC(=O)OC(C)(C)C)CC2)c(CO)nc1Sc1cccc2ccn(C)c12. The van der Waals surface area contributed by atoms with Crippen molar-refractivity contribution in [1.29, 1.82) is 0 Å². The van der Waals surface area contributed by atoms with Crippen molar-refractivity contribution < 1.29 is 14.6 Å². The van der Waals surface area contributed by atoms with Gasteiger partial charge in [0.2, 0.25) is 0 Å². The molecule has 2 fully saturated rings. The highest BCUT2D eigenvalue weighted by atomic mass is 32.2. The standard InChI is InChI=1S/C29H39N5O3S/c1-19-26(38-22-9-6-8-20-11-15-33(5)24(20)22)31-21(18-35)25(30-19)34-16-13-29(14-17-34)12-7-10-23(29)32-27(36)37-28(2,3)4/h6,8-9,11,15,23,35H,7,10,12-14,16-18H2,1-5H3,(H,32,36)/t23-/m1/s1. The molecule has 1 atom stereocenters. The van der Waals surface area contributed by atoms with Crippen LogP contribution >= 0.6 is 11.8 Å². The molecular formula is C29H39N5O3S. The molecule has 2 aromatic heterocycles. The number of anilines is 1. The summed E-state index contributed by atoms with van der Waals surface area (Å²) in [5.74, 6) is 0.774. The molecule has 1 aromatic carbocycles. The van der Waals surface area contributed by atoms with Gasteiger partial charge < -0.3 is 24.6 Å². The summed E-state index contributed by atoms with van der Waals surface area (Å²) in [4.78, 5) is 25.7. The highest BCUT2D eigenvalue weighted by Gasteiger charge is 2.46. The van der Waals surface area contributed by atoms with E-state index < -0.39 is 5.60 Å². The lowest BCUT2D eigenvalue weighted by Crippen LogP contribution is -2.51. The van der Waals surface area contributed by atoms with Crippen LogP contribution in [0.25, 0.3) is 10.9 Å². The van der Waals surface area contributed by atoms with Gasteiger partial charge >= 0.3 is 6.09 Å². The van der Waals surface area contributed by atoms with Crippen LogP contribution in [0.2, 0.25) is 0 Å². The number of hydrogen-bond acceptors (Lipinski definition) is 7. The number of para-hydroxylation sites is 1. The number of aliphatic hydroxyl groups is 1. The lowest BCUT2D eigenvalue weighted by molar-refractivity contribution is 0.0442. The van der Waals surface area contributed by atoms with Crippen molar-refractivity contribution in [2.75, 3.05) is 18.0 Å². The minimum atomic E-state index is -0.506. The third-order valence-corrected chi connectivity index (χ3v) is 9.08. The summed E-state index contributed by atoms with van der Waals surface area (Å²) in [6.07, 6.45) is 6.88. The number of aryl methyl sites for hydroxylation is 2. The molecule has 1 aliphatic carbocycles. The number of carbonyl (C=O) groups excluding carboxylic acids is 1. The predicted octanol–water partition coefficient (Wildman–Crippen LogP) is 5.58. The summed E-state index contributed by atoms with van der Waals surface area (Å²) in [5.41, 5.74) is 2.22. The van der Waals surface area contributed by atoms with Crippen molar-refractivity contribution in [2.45, 2.75) is 88.0 Å². The highest BCUT2D eigenvalue weighted by Crippen LogP contribution is 2.47. The van der Waals surface area contributed by atoms with Gasteiger partial charge in [0.15, 0.2) is 5.82 Å². The van der Waals surface area contributed by atoms with Gasteiger partial charge in [0.05, 0.1) is 17.8 Å². The van der Waals surface area contributed by atoms with E-state index >= 15 is 0 Å². The Balaban J connectivity index is 1.31. The summed E-state index contributed by atoms with van der Waals surface area (Å²) < 4.78 is 7.66. The largest absolute Gasteiger partial charge is 0.444 e. The number of fused-ring (bicyclic) bond motifs is 1. The van der Waals surface area contributed by atoms with Crippen molar-refractivity contribution in [3.05, 3.63) is 41.9 Å². The van der Waals surface area contributed by atoms with E-state index in [1.807, 2.05) is 34.7 Å². The lowest BCUT2D eigenvalue weighted by Gasteiger charge is -2.44. The van der Waals surface area contributed by atoms with Crippen LogP contribution in [-0.2, 0) is 18.4 Å². The zero-order valence-electron chi connectivity index (χ0n) is 23.1. The van der Waals surface area contributed by atoms with E-state index in [9.17, 15) is 9.90 Å². The average Bonchev–Trinajstić information content (AvgIpc) is 3.43. The molecule has 2 aliphatic rings. The van der Waals surface area contributed by atoms with Crippen molar-refractivity contribution in [3.63, 3.8) is 0 Å². The third kappa shape index (κ3) is 5.36. The van der Waals surface area contributed by atoms with Gasteiger partial charge in [-0.05, 0) is 70.9 Å². The number of alkyl carbamates (subject to hydrolysis) is 1. The van der Waals surface area contributed by atoms with Gasteiger partial charge in [-0.15, -0.1) is 0 Å². The molecule has 1 saturated heterocycles. The Hall–Kier alpha value is -2.78. The fourth-order valence-corrected chi connectivity index (χ4v) is 7.12. The van der Waals surface area contributed by atoms with E-state index in [0.717, 1.165) is 66.6 Å². The molecule has 0 unspecified atom stereocenters. The van der Waals surface area contributed by atoms with Crippen LogP contribution in [0.4, 0.5) is 10.6 Å². The number of hydrogen-bond donors (Lipinski definition) is 2. The smallest absolute Gasteiger partial charge is 0.407 e. The number of aromatic nitrogens is 3. The highest BCUT2D eigenvalue weighted by molar-refractivity contribution is 7.99. The lowest BCUT2D eigenvalue weighted by atomic mass is 9.74. The van der Waals surface area contributed by atoms with Gasteiger partial charge in [0, 0.05) is 42.7 Å². The Kier molecular flexibility index (Phi) is 7.35. The molecule has 8 nitrogen and oxygen atoms in total. The van der Waals surface area contributed by atoms with Crippen molar-refractivity contribution in [2.24, 2.45) is 12.5 Å². The Morgan fingerprint density at radius 2 is 1.97 bits per heavy atom. The summed E-state index contributed by atoms with van der Waals surface area (Å²) in [6, 6.07) is 8.52. The van der Waals surface area contributed by atoms with Crippen LogP contribution in [0.15, 0.2) is 40.4 Å². The fraction of sp³-hybridized carbons (Fsp3) is 0.552. The summed E-state index contributed by atoms with van der Waals surface area (Å²) >= 11 is 1.60. The first-order chi connectivity index (χ1) is 18.1. The van der Waals surface area contributed by atoms with Crippen molar-refractivity contribution >= 4 is 34.6 Å². The second-order valence-electron chi connectivity index (χ2n) is 11.7. The van der Waals surface area contributed by atoms with Crippen molar-refractivity contribution in [1.82, 2.24) is 19.9 Å². The van der Waals surface area contributed by atoms with Crippen LogP contribution in [0.5, 0.6) is 0 Å². The number of nitrogens with one attached hydrogen (secondary N) is 1. The van der Waals surface area contributed by atoms with Crippen LogP contribution in [0, 0.1) is 12.3 Å². The van der Waals surface area contributed by atoms with Gasteiger partial charge in [0.25, 0.3) is 0 Å². The normalized spacial score (nSPS) is 19.3. The molecule has 3 heterocycles. The van der Waals surface area contributed by atoms with Gasteiger partial charge in [-0.1, -0.05) is 30.3 Å². The molecular weight excluding hydrogens is 498 g/mol. The molecule has 0 radical (unpaired) electrons. The minimum absolute atomic E-state index is 0.0821. The van der Waals surface area contributed by atoms with Crippen LogP contribution in [-0.4, -0.2) is 50.5 Å². The Morgan fingerprint density at radius 3 is 2.68 bits per heavy atom. The van der Waals surface area contributed by atoms with E-state index in [2.05, 4.69) is 45.2 Å². The van der Waals surface area contributed by atoms with Crippen LogP contribution < -0.4 is 10.2 Å². The molecule has 204 valence electrons. The second-order valence-corrected chi connectivity index (χ2v) is 12.7. The zero-order chi connectivity index (χ0) is 27.1. The third-order valence-electron chi connectivity index (χ3n) is 7.95. The maximum Gasteiger partial charge on any atom is 0.407 e. The first kappa shape index (κ1) is 26.8. The number of ether oxygens (including phenoxy) is 1. The van der Waals surface area contributed by atoms with Gasteiger partial charge in [-0.2, -0.15) is 0 Å². The van der Waals surface area contributed by atoms with E-state index in [-0.39, 0.29) is 24.2 Å².